The highest BCUT2D eigenvalue weighted by atomic mass is 16.2. The molecular formula is C13H19N3O. The van der Waals surface area contributed by atoms with E-state index in [-0.39, 0.29) is 11.7 Å². The van der Waals surface area contributed by atoms with Gasteiger partial charge in [0.2, 0.25) is 0 Å². The summed E-state index contributed by atoms with van der Waals surface area (Å²) in [4.78, 5) is 11.9. The van der Waals surface area contributed by atoms with Gasteiger partial charge in [0, 0.05) is 0 Å². The van der Waals surface area contributed by atoms with Crippen LogP contribution >= 0.6 is 0 Å². The van der Waals surface area contributed by atoms with Crippen molar-refractivity contribution in [2.24, 2.45) is 0 Å². The Morgan fingerprint density at radius 1 is 1.29 bits per heavy atom. The molecule has 92 valence electrons. The lowest BCUT2D eigenvalue weighted by Gasteiger charge is -2.23. The monoisotopic (exact) mass is 233 g/mol. The number of amides is 2. The van der Waals surface area contributed by atoms with E-state index >= 15 is 0 Å². The SMILES string of the molecule is CCC1(C)NC(=O)N(c2ccc(C)c(C)c2)N1. The van der Waals surface area contributed by atoms with Crippen LogP contribution in [0.5, 0.6) is 0 Å². The van der Waals surface area contributed by atoms with Crippen LogP contribution in [0.25, 0.3) is 0 Å². The highest BCUT2D eigenvalue weighted by molar-refractivity contribution is 5.93. The number of nitrogens with zero attached hydrogens (tertiary/aromatic N) is 1. The molecule has 2 N–H and O–H groups in total. The zero-order valence-corrected chi connectivity index (χ0v) is 10.8. The molecule has 1 fully saturated rings. The van der Waals surface area contributed by atoms with E-state index in [1.54, 1.807) is 5.01 Å². The van der Waals surface area contributed by atoms with Crippen LogP contribution in [0.15, 0.2) is 18.2 Å². The van der Waals surface area contributed by atoms with Crippen molar-refractivity contribution in [2.45, 2.75) is 39.8 Å². The number of carbonyl (C=O) groups excluding carboxylic acids is 1. The fourth-order valence-electron chi connectivity index (χ4n) is 1.83. The van der Waals surface area contributed by atoms with Crippen LogP contribution in [0.1, 0.15) is 31.4 Å². The molecule has 4 nitrogen and oxygen atoms in total. The summed E-state index contributed by atoms with van der Waals surface area (Å²) in [6.45, 7) is 8.13. The second kappa shape index (κ2) is 4.04. The highest BCUT2D eigenvalue weighted by Gasteiger charge is 2.37. The third-order valence-electron chi connectivity index (χ3n) is 3.40. The molecule has 1 aromatic carbocycles. The number of aryl methyl sites for hydroxylation is 2. The summed E-state index contributed by atoms with van der Waals surface area (Å²) in [6.07, 6.45) is 0.833. The number of anilines is 1. The molecule has 2 rings (SSSR count). The zero-order chi connectivity index (χ0) is 12.6. The van der Waals surface area contributed by atoms with Gasteiger partial charge in [0.25, 0.3) is 0 Å². The lowest BCUT2D eigenvalue weighted by Crippen LogP contribution is -2.47. The van der Waals surface area contributed by atoms with E-state index in [1.807, 2.05) is 39.0 Å². The second-order valence-electron chi connectivity index (χ2n) is 4.83. The van der Waals surface area contributed by atoms with Crippen LogP contribution in [-0.4, -0.2) is 11.7 Å². The fraction of sp³-hybridized carbons (Fsp3) is 0.462. The third-order valence-corrected chi connectivity index (χ3v) is 3.40. The van der Waals surface area contributed by atoms with E-state index in [1.165, 1.54) is 11.1 Å². The normalized spacial score (nSPS) is 24.0. The molecule has 4 heteroatoms. The minimum atomic E-state index is -0.351. The van der Waals surface area contributed by atoms with Crippen molar-refractivity contribution in [3.05, 3.63) is 29.3 Å². The maximum atomic E-state index is 11.9. The molecule has 1 unspecified atom stereocenters. The Morgan fingerprint density at radius 3 is 2.53 bits per heavy atom. The van der Waals surface area contributed by atoms with E-state index < -0.39 is 0 Å². The average Bonchev–Trinajstić information content (AvgIpc) is 2.59. The Bertz CT molecular complexity index is 458. The molecule has 0 aliphatic carbocycles. The smallest absolute Gasteiger partial charge is 0.317 e. The first-order chi connectivity index (χ1) is 7.95. The molecule has 2 amide bonds. The molecule has 1 atom stereocenters. The van der Waals surface area contributed by atoms with Gasteiger partial charge >= 0.3 is 6.03 Å². The van der Waals surface area contributed by atoms with Crippen LogP contribution < -0.4 is 15.8 Å². The van der Waals surface area contributed by atoms with Gasteiger partial charge < -0.3 is 5.32 Å². The van der Waals surface area contributed by atoms with E-state index in [0.29, 0.717) is 0 Å². The molecule has 0 saturated carbocycles. The number of urea groups is 1. The number of hydrogen-bond donors (Lipinski definition) is 2. The summed E-state index contributed by atoms with van der Waals surface area (Å²) < 4.78 is 0. The quantitative estimate of drug-likeness (QED) is 0.824. The van der Waals surface area contributed by atoms with Crippen molar-refractivity contribution in [2.75, 3.05) is 5.01 Å². The van der Waals surface area contributed by atoms with Gasteiger partial charge in [0.05, 0.1) is 5.69 Å². The van der Waals surface area contributed by atoms with Gasteiger partial charge in [0.1, 0.15) is 5.66 Å². The Balaban J connectivity index is 2.29. The molecule has 1 aliphatic heterocycles. The van der Waals surface area contributed by atoms with Gasteiger partial charge in [-0.1, -0.05) is 13.0 Å². The number of benzene rings is 1. The van der Waals surface area contributed by atoms with E-state index in [4.69, 9.17) is 0 Å². The highest BCUT2D eigenvalue weighted by Crippen LogP contribution is 2.23. The first-order valence-corrected chi connectivity index (χ1v) is 5.92. The molecule has 1 aliphatic rings. The largest absolute Gasteiger partial charge is 0.338 e. The first kappa shape index (κ1) is 11.9. The van der Waals surface area contributed by atoms with E-state index in [0.717, 1.165) is 12.1 Å². The zero-order valence-electron chi connectivity index (χ0n) is 10.8. The molecule has 1 saturated heterocycles. The molecule has 0 radical (unpaired) electrons. The Kier molecular flexibility index (Phi) is 2.83. The van der Waals surface area contributed by atoms with Gasteiger partial charge in [-0.25, -0.2) is 15.2 Å². The lowest BCUT2D eigenvalue weighted by molar-refractivity contribution is 0.247. The second-order valence-corrected chi connectivity index (χ2v) is 4.83. The van der Waals surface area contributed by atoms with Gasteiger partial charge in [-0.3, -0.25) is 0 Å². The van der Waals surface area contributed by atoms with Gasteiger partial charge in [0.15, 0.2) is 0 Å². The third kappa shape index (κ3) is 2.13. The predicted molar refractivity (Wildman–Crippen MR) is 68.8 cm³/mol. The Morgan fingerprint density at radius 2 is 2.00 bits per heavy atom. The molecule has 1 aromatic rings. The van der Waals surface area contributed by atoms with E-state index in [9.17, 15) is 4.79 Å². The summed E-state index contributed by atoms with van der Waals surface area (Å²) in [7, 11) is 0. The maximum Gasteiger partial charge on any atom is 0.338 e. The van der Waals surface area contributed by atoms with Gasteiger partial charge in [-0.2, -0.15) is 0 Å². The van der Waals surface area contributed by atoms with Crippen LogP contribution in [0, 0.1) is 13.8 Å². The molecule has 0 aromatic heterocycles. The van der Waals surface area contributed by atoms with Gasteiger partial charge in [-0.15, -0.1) is 0 Å². The Labute approximate surface area is 102 Å². The standard InChI is InChI=1S/C13H19N3O/c1-5-13(4)14-12(17)16(15-13)11-7-6-9(2)10(3)8-11/h6-8,15H,5H2,1-4H3,(H,14,17). The van der Waals surface area contributed by atoms with Crippen LogP contribution in [0.2, 0.25) is 0 Å². The lowest BCUT2D eigenvalue weighted by atomic mass is 10.1. The first-order valence-electron chi connectivity index (χ1n) is 5.92. The van der Waals surface area contributed by atoms with Gasteiger partial charge in [-0.05, 0) is 50.5 Å². The minimum Gasteiger partial charge on any atom is -0.317 e. The van der Waals surface area contributed by atoms with Crippen molar-refractivity contribution in [3.63, 3.8) is 0 Å². The number of hydrazine groups is 1. The fourth-order valence-corrected chi connectivity index (χ4v) is 1.83. The van der Waals surface area contributed by atoms with Crippen LogP contribution in [-0.2, 0) is 0 Å². The van der Waals surface area contributed by atoms with Crippen molar-refractivity contribution in [3.8, 4) is 0 Å². The van der Waals surface area contributed by atoms with Crippen LogP contribution in [0.3, 0.4) is 0 Å². The van der Waals surface area contributed by atoms with E-state index in [2.05, 4.69) is 17.7 Å². The molecular weight excluding hydrogens is 214 g/mol. The minimum absolute atomic E-state index is 0.0994. The predicted octanol–water partition coefficient (Wildman–Crippen LogP) is 2.46. The summed E-state index contributed by atoms with van der Waals surface area (Å²) in [5.74, 6) is 0. The maximum absolute atomic E-state index is 11.9. The average molecular weight is 233 g/mol. The Hall–Kier alpha value is -1.55. The van der Waals surface area contributed by atoms with Crippen molar-refractivity contribution in [1.82, 2.24) is 10.7 Å². The van der Waals surface area contributed by atoms with Crippen molar-refractivity contribution in [1.29, 1.82) is 0 Å². The topological polar surface area (TPSA) is 44.4 Å². The van der Waals surface area contributed by atoms with Crippen LogP contribution in [0.4, 0.5) is 10.5 Å². The molecule has 0 spiro atoms. The molecule has 0 bridgehead atoms. The molecule has 17 heavy (non-hydrogen) atoms. The number of nitrogens with one attached hydrogen (secondary N) is 2. The summed E-state index contributed by atoms with van der Waals surface area (Å²) in [5, 5.41) is 4.52. The summed E-state index contributed by atoms with van der Waals surface area (Å²) >= 11 is 0. The number of carbonyl (C=O) groups is 1. The number of rotatable bonds is 2. The van der Waals surface area contributed by atoms with Crippen molar-refractivity contribution < 1.29 is 4.79 Å². The molecule has 1 heterocycles. The van der Waals surface area contributed by atoms with Crippen molar-refractivity contribution >= 4 is 11.7 Å². The number of hydrogen-bond acceptors (Lipinski definition) is 2. The summed E-state index contributed by atoms with van der Waals surface area (Å²) in [5.41, 5.74) is 6.14. The summed E-state index contributed by atoms with van der Waals surface area (Å²) in [6, 6.07) is 5.90.